The number of aryl methyl sites for hydroxylation is 2. The number of aliphatic carboxylic acids is 1. The molecule has 2 heterocycles. The van der Waals surface area contributed by atoms with Crippen LogP contribution in [-0.4, -0.2) is 49.8 Å². The predicted molar refractivity (Wildman–Crippen MR) is 76.7 cm³/mol. The predicted octanol–water partition coefficient (Wildman–Crippen LogP) is 1.77. The molecule has 1 fully saturated rings. The van der Waals surface area contributed by atoms with E-state index < -0.39 is 5.97 Å². The Bertz CT molecular complexity index is 478. The second-order valence-electron chi connectivity index (χ2n) is 4.77. The van der Waals surface area contributed by atoms with E-state index in [-0.39, 0.29) is 12.5 Å². The Hall–Kier alpha value is -0.720. The molecule has 2 rings (SSSR count). The van der Waals surface area contributed by atoms with Gasteiger partial charge in [-0.3, -0.25) is 14.4 Å². The van der Waals surface area contributed by atoms with Gasteiger partial charge >= 0.3 is 5.97 Å². The summed E-state index contributed by atoms with van der Waals surface area (Å²) in [5.74, 6) is 1.15. The van der Waals surface area contributed by atoms with Crippen molar-refractivity contribution in [1.82, 2.24) is 14.7 Å². The van der Waals surface area contributed by atoms with Gasteiger partial charge < -0.3 is 5.11 Å². The molecule has 19 heavy (non-hydrogen) atoms. The van der Waals surface area contributed by atoms with Gasteiger partial charge in [0.15, 0.2) is 0 Å². The summed E-state index contributed by atoms with van der Waals surface area (Å²) in [4.78, 5) is 13.1. The summed E-state index contributed by atoms with van der Waals surface area (Å²) in [6.07, 6.45) is 0.182. The summed E-state index contributed by atoms with van der Waals surface area (Å²) in [7, 11) is 1.87. The molecule has 5 nitrogen and oxygen atoms in total. The van der Waals surface area contributed by atoms with Gasteiger partial charge in [0.1, 0.15) is 0 Å². The first-order valence-electron chi connectivity index (χ1n) is 6.20. The fraction of sp³-hybridized carbons (Fsp3) is 0.667. The number of aromatic nitrogens is 2. The first kappa shape index (κ1) is 14.7. The van der Waals surface area contributed by atoms with E-state index in [9.17, 15) is 4.79 Å². The highest BCUT2D eigenvalue weighted by atomic mass is 35.5. The minimum Gasteiger partial charge on any atom is -0.481 e. The maximum absolute atomic E-state index is 10.9. The lowest BCUT2D eigenvalue weighted by molar-refractivity contribution is -0.138. The van der Waals surface area contributed by atoms with Crippen LogP contribution in [0, 0.1) is 6.92 Å². The van der Waals surface area contributed by atoms with Crippen LogP contribution in [0.1, 0.15) is 17.8 Å². The van der Waals surface area contributed by atoms with Crippen LogP contribution in [0.4, 0.5) is 0 Å². The molecule has 0 amide bonds. The third-order valence-corrected chi connectivity index (χ3v) is 4.96. The van der Waals surface area contributed by atoms with Gasteiger partial charge in [0.05, 0.1) is 22.8 Å². The van der Waals surface area contributed by atoms with Gasteiger partial charge in [0.25, 0.3) is 0 Å². The van der Waals surface area contributed by atoms with E-state index in [1.54, 1.807) is 4.68 Å². The lowest BCUT2D eigenvalue weighted by Crippen LogP contribution is -2.43. The fourth-order valence-electron chi connectivity index (χ4n) is 2.33. The largest absolute Gasteiger partial charge is 0.481 e. The van der Waals surface area contributed by atoms with E-state index >= 15 is 0 Å². The Labute approximate surface area is 121 Å². The molecule has 1 saturated heterocycles. The Kier molecular flexibility index (Phi) is 4.76. The average Bonchev–Trinajstić information content (AvgIpc) is 2.57. The third kappa shape index (κ3) is 3.43. The molecule has 1 aliphatic heterocycles. The minimum absolute atomic E-state index is 0.0718. The van der Waals surface area contributed by atoms with Crippen LogP contribution in [0.2, 0.25) is 5.02 Å². The van der Waals surface area contributed by atoms with Crippen molar-refractivity contribution in [3.05, 3.63) is 16.4 Å². The van der Waals surface area contributed by atoms with Gasteiger partial charge in [-0.05, 0) is 6.92 Å². The lowest BCUT2D eigenvalue weighted by Gasteiger charge is -2.34. The van der Waals surface area contributed by atoms with E-state index in [2.05, 4.69) is 10.00 Å². The number of hydrogen-bond donors (Lipinski definition) is 1. The van der Waals surface area contributed by atoms with E-state index in [1.165, 1.54) is 0 Å². The molecule has 0 radical (unpaired) electrons. The van der Waals surface area contributed by atoms with Crippen LogP contribution in [-0.2, 0) is 18.4 Å². The van der Waals surface area contributed by atoms with Crippen molar-refractivity contribution in [3.8, 4) is 0 Å². The molecule has 0 aliphatic carbocycles. The van der Waals surface area contributed by atoms with Crippen LogP contribution in [0.25, 0.3) is 0 Å². The Morgan fingerprint density at radius 2 is 2.37 bits per heavy atom. The van der Waals surface area contributed by atoms with Crippen molar-refractivity contribution in [2.75, 3.05) is 18.1 Å². The monoisotopic (exact) mass is 303 g/mol. The van der Waals surface area contributed by atoms with Crippen molar-refractivity contribution in [2.24, 2.45) is 7.05 Å². The number of halogens is 1. The fourth-order valence-corrected chi connectivity index (χ4v) is 3.68. The van der Waals surface area contributed by atoms with Crippen molar-refractivity contribution >= 4 is 29.3 Å². The molecular weight excluding hydrogens is 286 g/mol. The summed E-state index contributed by atoms with van der Waals surface area (Å²) < 4.78 is 1.79. The second-order valence-corrected chi connectivity index (χ2v) is 6.29. The zero-order valence-corrected chi connectivity index (χ0v) is 12.7. The van der Waals surface area contributed by atoms with Crippen LogP contribution in [0.3, 0.4) is 0 Å². The van der Waals surface area contributed by atoms with Crippen molar-refractivity contribution in [3.63, 3.8) is 0 Å². The first-order valence-corrected chi connectivity index (χ1v) is 7.74. The SMILES string of the molecule is Cc1nn(C)c(CN2CCSCC2CC(=O)O)c1Cl. The van der Waals surface area contributed by atoms with Crippen LogP contribution >= 0.6 is 23.4 Å². The zero-order chi connectivity index (χ0) is 14.0. The quantitative estimate of drug-likeness (QED) is 0.919. The van der Waals surface area contributed by atoms with E-state index in [0.29, 0.717) is 11.6 Å². The average molecular weight is 304 g/mol. The van der Waals surface area contributed by atoms with Crippen LogP contribution in [0.5, 0.6) is 0 Å². The second kappa shape index (κ2) is 6.15. The standard InChI is InChI=1S/C12H18ClN3O2S/c1-8-12(13)10(15(2)14-8)6-16-3-4-19-7-9(16)5-11(17)18/h9H,3-7H2,1-2H3,(H,17,18). The highest BCUT2D eigenvalue weighted by Crippen LogP contribution is 2.25. The molecule has 1 atom stereocenters. The molecule has 0 spiro atoms. The number of carboxylic acids is 1. The van der Waals surface area contributed by atoms with Gasteiger partial charge in [-0.25, -0.2) is 0 Å². The van der Waals surface area contributed by atoms with Gasteiger partial charge in [-0.1, -0.05) is 11.6 Å². The van der Waals surface area contributed by atoms with Crippen molar-refractivity contribution in [2.45, 2.75) is 25.9 Å². The number of nitrogens with zero attached hydrogens (tertiary/aromatic N) is 3. The molecule has 1 N–H and O–H groups in total. The summed E-state index contributed by atoms with van der Waals surface area (Å²) in [6.45, 7) is 3.43. The number of thioether (sulfide) groups is 1. The number of hydrogen-bond acceptors (Lipinski definition) is 4. The number of carboxylic acid groups (broad SMARTS) is 1. The van der Waals surface area contributed by atoms with Crippen molar-refractivity contribution in [1.29, 1.82) is 0 Å². The third-order valence-electron chi connectivity index (χ3n) is 3.37. The smallest absolute Gasteiger partial charge is 0.304 e. The molecule has 1 aliphatic rings. The Morgan fingerprint density at radius 3 is 2.95 bits per heavy atom. The Morgan fingerprint density at radius 1 is 1.63 bits per heavy atom. The van der Waals surface area contributed by atoms with Crippen LogP contribution < -0.4 is 0 Å². The molecule has 1 unspecified atom stereocenters. The summed E-state index contributed by atoms with van der Waals surface area (Å²) in [5.41, 5.74) is 1.78. The summed E-state index contributed by atoms with van der Waals surface area (Å²) in [6, 6.07) is 0.0718. The normalized spacial score (nSPS) is 20.7. The maximum Gasteiger partial charge on any atom is 0.304 e. The highest BCUT2D eigenvalue weighted by Gasteiger charge is 2.26. The highest BCUT2D eigenvalue weighted by molar-refractivity contribution is 7.99. The van der Waals surface area contributed by atoms with Gasteiger partial charge in [-0.2, -0.15) is 16.9 Å². The molecular formula is C12H18ClN3O2S. The van der Waals surface area contributed by atoms with E-state index in [4.69, 9.17) is 16.7 Å². The molecule has 106 valence electrons. The van der Waals surface area contributed by atoms with E-state index in [0.717, 1.165) is 29.4 Å². The topological polar surface area (TPSA) is 58.4 Å². The summed E-state index contributed by atoms with van der Waals surface area (Å²) >= 11 is 8.07. The molecule has 0 saturated carbocycles. The van der Waals surface area contributed by atoms with Crippen LogP contribution in [0.15, 0.2) is 0 Å². The lowest BCUT2D eigenvalue weighted by atomic mass is 10.2. The zero-order valence-electron chi connectivity index (χ0n) is 11.1. The Balaban J connectivity index is 2.12. The minimum atomic E-state index is -0.746. The first-order chi connectivity index (χ1) is 8.99. The van der Waals surface area contributed by atoms with Crippen molar-refractivity contribution < 1.29 is 9.90 Å². The van der Waals surface area contributed by atoms with Gasteiger partial charge in [0.2, 0.25) is 0 Å². The van der Waals surface area contributed by atoms with E-state index in [1.807, 2.05) is 25.7 Å². The molecule has 1 aromatic heterocycles. The van der Waals surface area contributed by atoms with Gasteiger partial charge in [-0.15, -0.1) is 0 Å². The molecule has 7 heteroatoms. The number of rotatable bonds is 4. The molecule has 1 aromatic rings. The summed E-state index contributed by atoms with van der Waals surface area (Å²) in [5, 5.41) is 14.0. The maximum atomic E-state index is 10.9. The van der Waals surface area contributed by atoms with Gasteiger partial charge in [0, 0.05) is 37.7 Å². The molecule has 0 aromatic carbocycles. The number of carbonyl (C=O) groups is 1. The molecule has 0 bridgehead atoms.